The lowest BCUT2D eigenvalue weighted by Crippen LogP contribution is -2.22. The van der Waals surface area contributed by atoms with Gasteiger partial charge in [0.2, 0.25) is 5.91 Å². The third-order valence-electron chi connectivity index (χ3n) is 5.71. The van der Waals surface area contributed by atoms with Crippen LogP contribution in [0.25, 0.3) is 0 Å². The minimum absolute atomic E-state index is 0.133. The van der Waals surface area contributed by atoms with Crippen molar-refractivity contribution in [3.63, 3.8) is 0 Å². The smallest absolute Gasteiger partial charge is 0.340 e. The number of ether oxygens (including phenoxy) is 2. The molecule has 0 aromatic heterocycles. The molecule has 0 bridgehead atoms. The van der Waals surface area contributed by atoms with Gasteiger partial charge in [-0.15, -0.1) is 0 Å². The van der Waals surface area contributed by atoms with Gasteiger partial charge in [0.15, 0.2) is 6.61 Å². The monoisotopic (exact) mass is 496 g/mol. The largest absolute Gasteiger partial charge is 0.494 e. The second-order valence-corrected chi connectivity index (χ2v) is 8.75. The molecule has 0 unspecified atom stereocenters. The van der Waals surface area contributed by atoms with E-state index in [-0.39, 0.29) is 11.5 Å². The molecule has 0 heterocycles. The minimum Gasteiger partial charge on any atom is -0.494 e. The van der Waals surface area contributed by atoms with Crippen molar-refractivity contribution in [3.05, 3.63) is 54.1 Å². The van der Waals surface area contributed by atoms with E-state index in [0.29, 0.717) is 30.2 Å². The van der Waals surface area contributed by atoms with Crippen LogP contribution in [0, 0.1) is 0 Å². The lowest BCUT2D eigenvalue weighted by atomic mass is 10.1. The predicted octanol–water partition coefficient (Wildman–Crippen LogP) is 6.74. The maximum absolute atomic E-state index is 12.6. The highest BCUT2D eigenvalue weighted by Gasteiger charge is 2.16. The molecule has 36 heavy (non-hydrogen) atoms. The zero-order valence-electron chi connectivity index (χ0n) is 21.6. The average Bonchev–Trinajstić information content (AvgIpc) is 2.88. The van der Waals surface area contributed by atoms with Crippen molar-refractivity contribution in [3.8, 4) is 5.75 Å². The molecule has 2 aromatic rings. The molecule has 0 radical (unpaired) electrons. The van der Waals surface area contributed by atoms with Gasteiger partial charge in [-0.3, -0.25) is 9.59 Å². The first kappa shape index (κ1) is 28.9. The number of amides is 2. The first-order valence-corrected chi connectivity index (χ1v) is 13.1. The number of nitrogens with one attached hydrogen (secondary N) is 2. The Bertz CT molecular complexity index is 943. The average molecular weight is 497 g/mol. The first-order chi connectivity index (χ1) is 17.5. The SMILES string of the molecule is CCCCCCCCCCCC(=O)Nc1ccccc1C(=O)OCC(=O)Nc1ccc(OCC)cc1. The summed E-state index contributed by atoms with van der Waals surface area (Å²) in [5.41, 5.74) is 1.17. The van der Waals surface area contributed by atoms with E-state index in [1.165, 1.54) is 38.5 Å². The van der Waals surface area contributed by atoms with E-state index in [2.05, 4.69) is 17.6 Å². The lowest BCUT2D eigenvalue weighted by Gasteiger charge is -2.11. The molecule has 2 aromatic carbocycles. The third kappa shape index (κ3) is 11.4. The molecule has 0 aliphatic rings. The summed E-state index contributed by atoms with van der Waals surface area (Å²) in [5.74, 6) is -0.556. The molecule has 7 nitrogen and oxygen atoms in total. The molecule has 0 saturated heterocycles. The Morgan fingerprint density at radius 1 is 0.722 bits per heavy atom. The molecule has 0 fully saturated rings. The van der Waals surface area contributed by atoms with Crippen molar-refractivity contribution in [2.45, 2.75) is 78.1 Å². The number of unbranched alkanes of at least 4 members (excludes halogenated alkanes) is 8. The summed E-state index contributed by atoms with van der Waals surface area (Å²) in [6, 6.07) is 13.6. The summed E-state index contributed by atoms with van der Waals surface area (Å²) in [6.45, 7) is 4.23. The summed E-state index contributed by atoms with van der Waals surface area (Å²) < 4.78 is 10.6. The summed E-state index contributed by atoms with van der Waals surface area (Å²) >= 11 is 0. The van der Waals surface area contributed by atoms with Crippen LogP contribution in [0.1, 0.15) is 88.4 Å². The van der Waals surface area contributed by atoms with E-state index in [0.717, 1.165) is 19.3 Å². The van der Waals surface area contributed by atoms with Crippen molar-refractivity contribution < 1.29 is 23.9 Å². The van der Waals surface area contributed by atoms with Crippen LogP contribution >= 0.6 is 0 Å². The number of rotatable bonds is 17. The van der Waals surface area contributed by atoms with E-state index in [1.807, 2.05) is 6.92 Å². The Hall–Kier alpha value is -3.35. The molecular formula is C29H40N2O5. The molecule has 2 N–H and O–H groups in total. The molecule has 0 saturated carbocycles. The van der Waals surface area contributed by atoms with Gasteiger partial charge in [-0.05, 0) is 49.7 Å². The molecule has 2 amide bonds. The van der Waals surface area contributed by atoms with Crippen LogP contribution in [0.2, 0.25) is 0 Å². The molecule has 0 atom stereocenters. The Labute approximate surface area is 215 Å². The maximum atomic E-state index is 12.6. The topological polar surface area (TPSA) is 93.7 Å². The predicted molar refractivity (Wildman–Crippen MR) is 143 cm³/mol. The van der Waals surface area contributed by atoms with E-state index in [9.17, 15) is 14.4 Å². The number of carbonyl (C=O) groups is 3. The standard InChI is InChI=1S/C29H40N2O5/c1-3-5-6-7-8-9-10-11-12-17-27(32)31-26-16-14-13-15-25(26)29(34)36-22-28(33)30-23-18-20-24(21-19-23)35-4-2/h13-16,18-21H,3-12,17,22H2,1-2H3,(H,30,33)(H,31,32). The summed E-state index contributed by atoms with van der Waals surface area (Å²) in [4.78, 5) is 37.2. The van der Waals surface area contributed by atoms with Crippen LogP contribution in [-0.2, 0) is 14.3 Å². The fraction of sp³-hybridized carbons (Fsp3) is 0.483. The van der Waals surface area contributed by atoms with Gasteiger partial charge in [0.05, 0.1) is 17.9 Å². The van der Waals surface area contributed by atoms with Crippen LogP contribution in [0.15, 0.2) is 48.5 Å². The molecule has 7 heteroatoms. The molecule has 0 spiro atoms. The third-order valence-corrected chi connectivity index (χ3v) is 5.71. The van der Waals surface area contributed by atoms with Crippen molar-refractivity contribution >= 4 is 29.2 Å². The lowest BCUT2D eigenvalue weighted by molar-refractivity contribution is -0.119. The van der Waals surface area contributed by atoms with Gasteiger partial charge in [-0.1, -0.05) is 70.4 Å². The highest BCUT2D eigenvalue weighted by molar-refractivity contribution is 6.02. The number of esters is 1. The number of para-hydroxylation sites is 1. The maximum Gasteiger partial charge on any atom is 0.340 e. The second kappa shape index (κ2) is 17.1. The van der Waals surface area contributed by atoms with Crippen molar-refractivity contribution in [2.24, 2.45) is 0 Å². The fourth-order valence-corrected chi connectivity index (χ4v) is 3.79. The molecule has 0 aliphatic heterocycles. The first-order valence-electron chi connectivity index (χ1n) is 13.1. The van der Waals surface area contributed by atoms with Gasteiger partial charge >= 0.3 is 5.97 Å². The van der Waals surface area contributed by atoms with E-state index < -0.39 is 18.5 Å². The highest BCUT2D eigenvalue weighted by Crippen LogP contribution is 2.18. The van der Waals surface area contributed by atoms with Crippen molar-refractivity contribution in [2.75, 3.05) is 23.8 Å². The van der Waals surface area contributed by atoms with Crippen LogP contribution in [0.3, 0.4) is 0 Å². The van der Waals surface area contributed by atoms with E-state index in [1.54, 1.807) is 48.5 Å². The van der Waals surface area contributed by atoms with Gasteiger partial charge in [0.1, 0.15) is 5.75 Å². The number of hydrogen-bond donors (Lipinski definition) is 2. The van der Waals surface area contributed by atoms with Gasteiger partial charge in [-0.25, -0.2) is 4.79 Å². The Morgan fingerprint density at radius 3 is 2.03 bits per heavy atom. The van der Waals surface area contributed by atoms with Gasteiger partial charge in [0, 0.05) is 12.1 Å². The number of hydrogen-bond acceptors (Lipinski definition) is 5. The normalized spacial score (nSPS) is 10.5. The Kier molecular flexibility index (Phi) is 13.8. The van der Waals surface area contributed by atoms with Crippen molar-refractivity contribution in [1.82, 2.24) is 0 Å². The molecule has 0 aliphatic carbocycles. The Balaban J connectivity index is 1.72. The number of benzene rings is 2. The van der Waals surface area contributed by atoms with E-state index in [4.69, 9.17) is 9.47 Å². The van der Waals surface area contributed by atoms with Crippen LogP contribution in [0.4, 0.5) is 11.4 Å². The Morgan fingerprint density at radius 2 is 1.36 bits per heavy atom. The summed E-state index contributed by atoms with van der Waals surface area (Å²) in [6.07, 6.45) is 11.0. The molecule has 196 valence electrons. The molecule has 2 rings (SSSR count). The number of carbonyl (C=O) groups excluding carboxylic acids is 3. The number of anilines is 2. The zero-order chi connectivity index (χ0) is 26.0. The van der Waals surface area contributed by atoms with E-state index >= 15 is 0 Å². The van der Waals surface area contributed by atoms with Crippen LogP contribution in [0.5, 0.6) is 5.75 Å². The van der Waals surface area contributed by atoms with Crippen LogP contribution in [-0.4, -0.2) is 31.0 Å². The second-order valence-electron chi connectivity index (χ2n) is 8.75. The highest BCUT2D eigenvalue weighted by atomic mass is 16.5. The van der Waals surface area contributed by atoms with Gasteiger partial charge in [-0.2, -0.15) is 0 Å². The van der Waals surface area contributed by atoms with Crippen LogP contribution < -0.4 is 15.4 Å². The minimum atomic E-state index is -0.671. The van der Waals surface area contributed by atoms with Gasteiger partial charge < -0.3 is 20.1 Å². The fourth-order valence-electron chi connectivity index (χ4n) is 3.79. The zero-order valence-corrected chi connectivity index (χ0v) is 21.6. The summed E-state index contributed by atoms with van der Waals surface area (Å²) in [7, 11) is 0. The summed E-state index contributed by atoms with van der Waals surface area (Å²) in [5, 5.41) is 5.48. The molecular weight excluding hydrogens is 456 g/mol. The van der Waals surface area contributed by atoms with Crippen molar-refractivity contribution in [1.29, 1.82) is 0 Å². The van der Waals surface area contributed by atoms with Gasteiger partial charge in [0.25, 0.3) is 5.91 Å². The quantitative estimate of drug-likeness (QED) is 0.187.